The van der Waals surface area contributed by atoms with Crippen molar-refractivity contribution in [3.05, 3.63) is 54.4 Å². The number of aryl methyl sites for hydroxylation is 1. The number of nitrogens with one attached hydrogen (secondary N) is 1. The van der Waals surface area contributed by atoms with Gasteiger partial charge in [0.05, 0.1) is 6.04 Å². The van der Waals surface area contributed by atoms with Gasteiger partial charge in [0, 0.05) is 61.9 Å². The first-order valence-corrected chi connectivity index (χ1v) is 12.1. The van der Waals surface area contributed by atoms with Crippen LogP contribution in [0.5, 0.6) is 0 Å². The van der Waals surface area contributed by atoms with E-state index >= 15 is 0 Å². The summed E-state index contributed by atoms with van der Waals surface area (Å²) in [4.78, 5) is 22.9. The summed E-state index contributed by atoms with van der Waals surface area (Å²) in [6.45, 7) is 3.79. The van der Waals surface area contributed by atoms with Gasteiger partial charge in [-0.15, -0.1) is 0 Å². The molecule has 3 heterocycles. The number of anilines is 2. The molecule has 2 aromatic rings. The number of hydrogen-bond acceptors (Lipinski definition) is 5. The standard InChI is InChI=1S/C26H34N4O/c31-26(21-7-2-1-3-8-21)25(24-11-10-20-6-4-5-9-23(20)28-24)30-18-16-29(17-19-30)22-12-14-27-15-13-22/h4-6,9,12-15,21,24-25,28H,1-3,7-8,10-11,16-19H2. The number of rotatable bonds is 5. The molecule has 1 aliphatic carbocycles. The maximum Gasteiger partial charge on any atom is 0.155 e. The van der Waals surface area contributed by atoms with Gasteiger partial charge in [0.15, 0.2) is 5.78 Å². The summed E-state index contributed by atoms with van der Waals surface area (Å²) in [5.41, 5.74) is 3.83. The van der Waals surface area contributed by atoms with Crippen molar-refractivity contribution in [2.75, 3.05) is 36.4 Å². The van der Waals surface area contributed by atoms with Crippen LogP contribution in [0.25, 0.3) is 0 Å². The molecule has 1 saturated carbocycles. The van der Waals surface area contributed by atoms with Crippen molar-refractivity contribution in [1.29, 1.82) is 0 Å². The number of ketones is 1. The van der Waals surface area contributed by atoms with E-state index in [2.05, 4.69) is 56.5 Å². The first-order chi connectivity index (χ1) is 15.3. The Morgan fingerprint density at radius 2 is 1.68 bits per heavy atom. The van der Waals surface area contributed by atoms with Crippen LogP contribution in [0.3, 0.4) is 0 Å². The molecule has 1 aromatic carbocycles. The Labute approximate surface area is 185 Å². The van der Waals surface area contributed by atoms with E-state index in [1.807, 2.05) is 12.4 Å². The summed E-state index contributed by atoms with van der Waals surface area (Å²) < 4.78 is 0. The molecule has 5 nitrogen and oxygen atoms in total. The Kier molecular flexibility index (Phi) is 6.21. The van der Waals surface area contributed by atoms with Crippen LogP contribution >= 0.6 is 0 Å². The van der Waals surface area contributed by atoms with Crippen molar-refractivity contribution in [3.63, 3.8) is 0 Å². The average molecular weight is 419 g/mol. The zero-order valence-electron chi connectivity index (χ0n) is 18.4. The van der Waals surface area contributed by atoms with E-state index in [-0.39, 0.29) is 18.0 Å². The van der Waals surface area contributed by atoms with Crippen molar-refractivity contribution >= 4 is 17.2 Å². The number of aromatic nitrogens is 1. The number of nitrogens with zero attached hydrogens (tertiary/aromatic N) is 3. The van der Waals surface area contributed by atoms with E-state index in [9.17, 15) is 4.79 Å². The maximum absolute atomic E-state index is 13.9. The Morgan fingerprint density at radius 3 is 2.45 bits per heavy atom. The van der Waals surface area contributed by atoms with Gasteiger partial charge in [0.1, 0.15) is 0 Å². The highest BCUT2D eigenvalue weighted by Gasteiger charge is 2.39. The second-order valence-electron chi connectivity index (χ2n) is 9.36. The van der Waals surface area contributed by atoms with Gasteiger partial charge < -0.3 is 10.2 Å². The molecular formula is C26H34N4O. The third-order valence-electron chi connectivity index (χ3n) is 7.50. The zero-order valence-corrected chi connectivity index (χ0v) is 18.4. The fourth-order valence-electron chi connectivity index (χ4n) is 5.77. The van der Waals surface area contributed by atoms with E-state index in [1.165, 1.54) is 36.2 Å². The van der Waals surface area contributed by atoms with Crippen molar-refractivity contribution in [3.8, 4) is 0 Å². The molecule has 2 atom stereocenters. The molecular weight excluding hydrogens is 384 g/mol. The summed E-state index contributed by atoms with van der Waals surface area (Å²) in [6.07, 6.45) is 11.7. The van der Waals surface area contributed by atoms with Crippen molar-refractivity contribution in [2.45, 2.75) is 57.0 Å². The highest BCUT2D eigenvalue weighted by atomic mass is 16.1. The number of fused-ring (bicyclic) bond motifs is 1. The number of carbonyl (C=O) groups is 1. The number of hydrogen-bond donors (Lipinski definition) is 1. The summed E-state index contributed by atoms with van der Waals surface area (Å²) in [5, 5.41) is 3.77. The van der Waals surface area contributed by atoms with E-state index in [0.717, 1.165) is 51.9 Å². The predicted molar refractivity (Wildman–Crippen MR) is 126 cm³/mol. The van der Waals surface area contributed by atoms with Crippen LogP contribution in [0.4, 0.5) is 11.4 Å². The Bertz CT molecular complexity index is 872. The molecule has 1 saturated heterocycles. The third-order valence-corrected chi connectivity index (χ3v) is 7.50. The zero-order chi connectivity index (χ0) is 21.0. The molecule has 164 valence electrons. The molecule has 1 aromatic heterocycles. The molecule has 5 heteroatoms. The summed E-state index contributed by atoms with van der Waals surface area (Å²) in [5.74, 6) is 0.741. The lowest BCUT2D eigenvalue weighted by Crippen LogP contribution is -2.60. The van der Waals surface area contributed by atoms with Gasteiger partial charge in [-0.3, -0.25) is 14.7 Å². The lowest BCUT2D eigenvalue weighted by atomic mass is 9.80. The van der Waals surface area contributed by atoms with Gasteiger partial charge in [-0.2, -0.15) is 0 Å². The molecule has 2 unspecified atom stereocenters. The fraction of sp³-hybridized carbons (Fsp3) is 0.538. The van der Waals surface area contributed by atoms with Crippen LogP contribution in [0, 0.1) is 5.92 Å². The fourth-order valence-corrected chi connectivity index (χ4v) is 5.77. The number of piperazine rings is 1. The molecule has 0 bridgehead atoms. The smallest absolute Gasteiger partial charge is 0.155 e. The minimum absolute atomic E-state index is 0.0175. The van der Waals surface area contributed by atoms with E-state index in [1.54, 1.807) is 0 Å². The number of benzene rings is 1. The second-order valence-corrected chi connectivity index (χ2v) is 9.36. The van der Waals surface area contributed by atoms with E-state index in [0.29, 0.717) is 5.78 Å². The van der Waals surface area contributed by atoms with Gasteiger partial charge in [-0.1, -0.05) is 37.5 Å². The largest absolute Gasteiger partial charge is 0.380 e. The van der Waals surface area contributed by atoms with Gasteiger partial charge in [-0.25, -0.2) is 0 Å². The molecule has 0 amide bonds. The molecule has 3 aliphatic rings. The highest BCUT2D eigenvalue weighted by molar-refractivity contribution is 5.88. The Hall–Kier alpha value is -2.40. The average Bonchev–Trinajstić information content (AvgIpc) is 2.85. The molecule has 31 heavy (non-hydrogen) atoms. The van der Waals surface area contributed by atoms with Crippen molar-refractivity contribution < 1.29 is 4.79 Å². The van der Waals surface area contributed by atoms with Crippen molar-refractivity contribution in [2.24, 2.45) is 5.92 Å². The van der Waals surface area contributed by atoms with Crippen LogP contribution in [-0.4, -0.2) is 53.9 Å². The Morgan fingerprint density at radius 1 is 0.935 bits per heavy atom. The molecule has 0 spiro atoms. The van der Waals surface area contributed by atoms with Gasteiger partial charge in [0.2, 0.25) is 0 Å². The summed E-state index contributed by atoms with van der Waals surface area (Å²) in [6, 6.07) is 13.0. The number of carbonyl (C=O) groups excluding carboxylic acids is 1. The first-order valence-electron chi connectivity index (χ1n) is 12.1. The monoisotopic (exact) mass is 418 g/mol. The first kappa shape index (κ1) is 20.5. The molecule has 1 N–H and O–H groups in total. The molecule has 2 fully saturated rings. The van der Waals surface area contributed by atoms with Gasteiger partial charge in [-0.05, 0) is 49.4 Å². The van der Waals surface area contributed by atoms with Crippen LogP contribution in [0.2, 0.25) is 0 Å². The summed E-state index contributed by atoms with van der Waals surface area (Å²) >= 11 is 0. The van der Waals surface area contributed by atoms with Crippen LogP contribution in [0.1, 0.15) is 44.1 Å². The minimum atomic E-state index is -0.0175. The van der Waals surface area contributed by atoms with Crippen LogP contribution in [-0.2, 0) is 11.2 Å². The van der Waals surface area contributed by atoms with E-state index < -0.39 is 0 Å². The lowest BCUT2D eigenvalue weighted by molar-refractivity contribution is -0.130. The summed E-state index contributed by atoms with van der Waals surface area (Å²) in [7, 11) is 0. The number of para-hydroxylation sites is 1. The predicted octanol–water partition coefficient (Wildman–Crippen LogP) is 4.15. The van der Waals surface area contributed by atoms with E-state index in [4.69, 9.17) is 0 Å². The van der Waals surface area contributed by atoms with Crippen LogP contribution < -0.4 is 10.2 Å². The maximum atomic E-state index is 13.9. The van der Waals surface area contributed by atoms with Crippen molar-refractivity contribution in [1.82, 2.24) is 9.88 Å². The SMILES string of the molecule is O=C(C1CCCCC1)C(C1CCc2ccccc2N1)N1CCN(c2ccncc2)CC1. The third kappa shape index (κ3) is 4.47. The highest BCUT2D eigenvalue weighted by Crippen LogP contribution is 2.32. The molecule has 5 rings (SSSR count). The normalized spacial score (nSPS) is 23.6. The number of pyridine rings is 1. The quantitative estimate of drug-likeness (QED) is 0.791. The lowest BCUT2D eigenvalue weighted by Gasteiger charge is -2.45. The molecule has 2 aliphatic heterocycles. The topological polar surface area (TPSA) is 48.5 Å². The van der Waals surface area contributed by atoms with Crippen LogP contribution in [0.15, 0.2) is 48.8 Å². The number of Topliss-reactive ketones (excluding diaryl/α,β-unsaturated/α-hetero) is 1. The Balaban J connectivity index is 1.34. The van der Waals surface area contributed by atoms with Gasteiger partial charge in [0.25, 0.3) is 0 Å². The molecule has 0 radical (unpaired) electrons. The second kappa shape index (κ2) is 9.39. The minimum Gasteiger partial charge on any atom is -0.380 e. The van der Waals surface area contributed by atoms with Gasteiger partial charge >= 0.3 is 0 Å².